The van der Waals surface area contributed by atoms with E-state index in [-0.39, 0.29) is 20.4 Å². The molecule has 0 N–H and O–H groups in total. The molecule has 0 aliphatic heterocycles. The van der Waals surface area contributed by atoms with Crippen LogP contribution in [0.25, 0.3) is 33.8 Å². The number of nitrogens with zero attached hydrogens (tertiary/aromatic N) is 3. The number of benzene rings is 3. The molecule has 0 amide bonds. The minimum Gasteiger partial charge on any atom is -0.256 e. The van der Waals surface area contributed by atoms with Crippen molar-refractivity contribution in [2.75, 3.05) is 0 Å². The molecule has 0 fully saturated rings. The van der Waals surface area contributed by atoms with Crippen LogP contribution in [0.4, 0.5) is 0 Å². The van der Waals surface area contributed by atoms with E-state index in [2.05, 4.69) is 109 Å². The van der Waals surface area contributed by atoms with Gasteiger partial charge in [0.15, 0.2) is 0 Å². The van der Waals surface area contributed by atoms with Crippen molar-refractivity contribution in [3.63, 3.8) is 0 Å². The van der Waals surface area contributed by atoms with Gasteiger partial charge in [-0.2, -0.15) is 0 Å². The summed E-state index contributed by atoms with van der Waals surface area (Å²) in [4.78, 5) is 12.8. The Morgan fingerprint density at radius 3 is 0.775 bits per heavy atom. The second-order valence-electron chi connectivity index (χ2n) is 9.24. The van der Waals surface area contributed by atoms with E-state index in [0.717, 1.165) is 17.1 Å². The zero-order chi connectivity index (χ0) is 27.3. The molecule has 4 heteroatoms. The van der Waals surface area contributed by atoms with E-state index >= 15 is 0 Å². The van der Waals surface area contributed by atoms with Crippen LogP contribution in [0, 0.1) is 20.8 Å². The molecule has 0 spiro atoms. The standard InChI is InChI=1S/3C12H11N.Pd/c3*1-10-5-7-11(8-6-10)12-4-2-3-9-13-12;/h3*2-9H,1H3;. The monoisotopic (exact) mass is 613 g/mol. The minimum atomic E-state index is 0. The van der Waals surface area contributed by atoms with Crippen molar-refractivity contribution in [3.05, 3.63) is 163 Å². The number of pyridine rings is 3. The normalized spacial score (nSPS) is 9.68. The Labute approximate surface area is 251 Å². The van der Waals surface area contributed by atoms with Crippen LogP contribution in [0.1, 0.15) is 16.7 Å². The zero-order valence-electron chi connectivity index (χ0n) is 23.0. The molecule has 0 atom stereocenters. The molecule has 3 heterocycles. The number of rotatable bonds is 3. The first-order chi connectivity index (χ1) is 19.1. The van der Waals surface area contributed by atoms with Gasteiger partial charge in [0.25, 0.3) is 0 Å². The van der Waals surface area contributed by atoms with Crippen LogP contribution in [-0.4, -0.2) is 15.0 Å². The molecule has 0 aliphatic rings. The fourth-order valence-electron chi connectivity index (χ4n) is 3.77. The van der Waals surface area contributed by atoms with E-state index in [0.29, 0.717) is 0 Å². The van der Waals surface area contributed by atoms with Gasteiger partial charge in [-0.05, 0) is 57.2 Å². The van der Waals surface area contributed by atoms with Crippen LogP contribution in [0.2, 0.25) is 0 Å². The molecule has 6 rings (SSSR count). The van der Waals surface area contributed by atoms with Crippen LogP contribution in [0.5, 0.6) is 0 Å². The van der Waals surface area contributed by atoms with Crippen LogP contribution >= 0.6 is 0 Å². The van der Waals surface area contributed by atoms with Gasteiger partial charge >= 0.3 is 0 Å². The van der Waals surface area contributed by atoms with E-state index in [1.165, 1.54) is 33.4 Å². The topological polar surface area (TPSA) is 38.7 Å². The molecule has 0 bridgehead atoms. The van der Waals surface area contributed by atoms with E-state index in [4.69, 9.17) is 0 Å². The Hall–Kier alpha value is -4.23. The van der Waals surface area contributed by atoms with Gasteiger partial charge in [-0.25, -0.2) is 0 Å². The van der Waals surface area contributed by atoms with Crippen molar-refractivity contribution in [2.45, 2.75) is 20.8 Å². The van der Waals surface area contributed by atoms with Crippen molar-refractivity contribution in [1.82, 2.24) is 15.0 Å². The molecule has 0 unspecified atom stereocenters. The summed E-state index contributed by atoms with van der Waals surface area (Å²) in [7, 11) is 0. The quantitative estimate of drug-likeness (QED) is 0.187. The second kappa shape index (κ2) is 16.0. The molecule has 0 saturated heterocycles. The number of aromatic nitrogens is 3. The predicted octanol–water partition coefficient (Wildman–Crippen LogP) is 9.17. The molecule has 40 heavy (non-hydrogen) atoms. The molecule has 0 aliphatic carbocycles. The van der Waals surface area contributed by atoms with Crippen LogP contribution < -0.4 is 0 Å². The summed E-state index contributed by atoms with van der Waals surface area (Å²) in [6, 6.07) is 43.0. The molecule has 202 valence electrons. The number of aryl methyl sites for hydroxylation is 3. The molecular formula is C36H33N3Pd. The molecular weight excluding hydrogens is 581 g/mol. The molecule has 3 aromatic carbocycles. The zero-order valence-corrected chi connectivity index (χ0v) is 24.6. The van der Waals surface area contributed by atoms with Crippen molar-refractivity contribution in [2.24, 2.45) is 0 Å². The predicted molar refractivity (Wildman–Crippen MR) is 163 cm³/mol. The summed E-state index contributed by atoms with van der Waals surface area (Å²) < 4.78 is 0. The maximum Gasteiger partial charge on any atom is 0.0701 e. The molecule has 3 nitrogen and oxygen atoms in total. The number of hydrogen-bond acceptors (Lipinski definition) is 3. The van der Waals surface area contributed by atoms with Crippen LogP contribution in [0.15, 0.2) is 146 Å². The van der Waals surface area contributed by atoms with Gasteiger partial charge in [0.2, 0.25) is 0 Å². The fourth-order valence-corrected chi connectivity index (χ4v) is 3.77. The van der Waals surface area contributed by atoms with E-state index in [9.17, 15) is 0 Å². The van der Waals surface area contributed by atoms with Gasteiger partial charge in [0.1, 0.15) is 0 Å². The number of hydrogen-bond donors (Lipinski definition) is 0. The van der Waals surface area contributed by atoms with Crippen molar-refractivity contribution >= 4 is 0 Å². The molecule has 0 radical (unpaired) electrons. The maximum atomic E-state index is 4.28. The largest absolute Gasteiger partial charge is 0.256 e. The van der Waals surface area contributed by atoms with Crippen LogP contribution in [0.3, 0.4) is 0 Å². The summed E-state index contributed by atoms with van der Waals surface area (Å²) in [5.74, 6) is 0. The molecule has 3 aromatic heterocycles. The summed E-state index contributed by atoms with van der Waals surface area (Å²) in [6.07, 6.45) is 5.44. The summed E-state index contributed by atoms with van der Waals surface area (Å²) in [5, 5.41) is 0. The SMILES string of the molecule is Cc1ccc(-c2ccccn2)cc1.Cc1ccc(-c2ccccn2)cc1.Cc1ccc(-c2ccccn2)cc1.[Pd]. The average Bonchev–Trinajstić information content (AvgIpc) is 3.00. The Morgan fingerprint density at radius 2 is 0.575 bits per heavy atom. The third-order valence-electron chi connectivity index (χ3n) is 6.04. The Bertz CT molecular complexity index is 1330. The fraction of sp³-hybridized carbons (Fsp3) is 0.0833. The van der Waals surface area contributed by atoms with Crippen LogP contribution in [-0.2, 0) is 20.4 Å². The van der Waals surface area contributed by atoms with Gasteiger partial charge in [-0.1, -0.05) is 108 Å². The molecule has 0 saturated carbocycles. The summed E-state index contributed by atoms with van der Waals surface area (Å²) >= 11 is 0. The third-order valence-corrected chi connectivity index (χ3v) is 6.04. The van der Waals surface area contributed by atoms with E-state index in [1.54, 1.807) is 0 Å². The van der Waals surface area contributed by atoms with Gasteiger partial charge in [-0.15, -0.1) is 0 Å². The maximum absolute atomic E-state index is 4.28. The van der Waals surface area contributed by atoms with E-state index < -0.39 is 0 Å². The van der Waals surface area contributed by atoms with Gasteiger partial charge < -0.3 is 0 Å². The van der Waals surface area contributed by atoms with Crippen molar-refractivity contribution < 1.29 is 20.4 Å². The van der Waals surface area contributed by atoms with Crippen molar-refractivity contribution in [1.29, 1.82) is 0 Å². The Kier molecular flexibility index (Phi) is 12.1. The van der Waals surface area contributed by atoms with Gasteiger partial charge in [-0.3, -0.25) is 15.0 Å². The smallest absolute Gasteiger partial charge is 0.0701 e. The first-order valence-corrected chi connectivity index (χ1v) is 13.0. The molecule has 6 aromatic rings. The Balaban J connectivity index is 0.000000163. The first-order valence-electron chi connectivity index (χ1n) is 13.0. The first kappa shape index (κ1) is 30.3. The van der Waals surface area contributed by atoms with E-state index in [1.807, 2.05) is 73.2 Å². The summed E-state index contributed by atoms with van der Waals surface area (Å²) in [6.45, 7) is 6.26. The Morgan fingerprint density at radius 1 is 0.325 bits per heavy atom. The average molecular weight is 614 g/mol. The second-order valence-corrected chi connectivity index (χ2v) is 9.24. The summed E-state index contributed by atoms with van der Waals surface area (Å²) in [5.41, 5.74) is 10.4. The van der Waals surface area contributed by atoms with Crippen molar-refractivity contribution in [3.8, 4) is 33.8 Å². The van der Waals surface area contributed by atoms with Gasteiger partial charge in [0, 0.05) is 55.7 Å². The third kappa shape index (κ3) is 9.51. The minimum absolute atomic E-state index is 0. The van der Waals surface area contributed by atoms with Gasteiger partial charge in [0.05, 0.1) is 17.1 Å².